The molecule has 2 spiro atoms. The summed E-state index contributed by atoms with van der Waals surface area (Å²) in [4.78, 5) is 37.5. The number of amides is 2. The number of likely N-dealkylation sites (tertiary alicyclic amines) is 2. The van der Waals surface area contributed by atoms with E-state index in [9.17, 15) is 9.59 Å². The Bertz CT molecular complexity index is 2060. The molecule has 332 valence electrons. The van der Waals surface area contributed by atoms with Crippen LogP contribution in [0.5, 0.6) is 11.5 Å². The Hall–Kier alpha value is -4.10. The van der Waals surface area contributed by atoms with Crippen molar-refractivity contribution in [3.63, 3.8) is 0 Å². The van der Waals surface area contributed by atoms with Crippen molar-refractivity contribution in [2.45, 2.75) is 116 Å². The molecule has 4 aromatic rings. The van der Waals surface area contributed by atoms with Crippen molar-refractivity contribution in [2.24, 2.45) is 22.7 Å². The van der Waals surface area contributed by atoms with Crippen LogP contribution in [0.4, 0.5) is 0 Å². The highest BCUT2D eigenvalue weighted by Crippen LogP contribution is 2.57. The van der Waals surface area contributed by atoms with Crippen LogP contribution in [0.3, 0.4) is 0 Å². The van der Waals surface area contributed by atoms with Gasteiger partial charge in [0.05, 0.1) is 38.1 Å². The maximum absolute atomic E-state index is 12.7. The third-order valence-electron chi connectivity index (χ3n) is 14.9. The normalized spacial score (nSPS) is 26.1. The summed E-state index contributed by atoms with van der Waals surface area (Å²) in [5.41, 5.74) is 1.74. The number of halogens is 2. The lowest BCUT2D eigenvalue weighted by molar-refractivity contribution is -0.176. The van der Waals surface area contributed by atoms with Gasteiger partial charge in [-0.1, -0.05) is 23.2 Å². The van der Waals surface area contributed by atoms with Crippen LogP contribution < -0.4 is 9.47 Å². The Balaban J connectivity index is 0.000000158. The summed E-state index contributed by atoms with van der Waals surface area (Å²) in [5, 5.41) is 1.43. The number of imidazole rings is 2. The van der Waals surface area contributed by atoms with Crippen molar-refractivity contribution in [3.05, 3.63) is 95.0 Å². The van der Waals surface area contributed by atoms with E-state index >= 15 is 0 Å². The first-order valence-electron chi connectivity index (χ1n) is 22.4. The number of rotatable bonds is 6. The fraction of sp³-hybridized carbons (Fsp3) is 0.583. The highest BCUT2D eigenvalue weighted by atomic mass is 35.5. The van der Waals surface area contributed by atoms with E-state index in [4.69, 9.17) is 42.1 Å². The molecular weight excluding hydrogens is 827 g/mol. The number of carbonyl (C=O) groups is 2. The number of hydrogen-bond donors (Lipinski definition) is 0. The van der Waals surface area contributed by atoms with Gasteiger partial charge < -0.3 is 37.9 Å². The van der Waals surface area contributed by atoms with Crippen molar-refractivity contribution in [3.8, 4) is 11.5 Å². The number of ether oxygens (including phenoxy) is 4. The zero-order valence-corrected chi connectivity index (χ0v) is 38.0. The summed E-state index contributed by atoms with van der Waals surface area (Å²) in [6, 6.07) is 11.6. The van der Waals surface area contributed by atoms with Gasteiger partial charge in [0, 0.05) is 110 Å². The fourth-order valence-corrected chi connectivity index (χ4v) is 11.4. The highest BCUT2D eigenvalue weighted by Gasteiger charge is 2.54. The number of aryl methyl sites for hydroxylation is 2. The largest absolute Gasteiger partial charge is 0.487 e. The molecule has 8 heterocycles. The van der Waals surface area contributed by atoms with Gasteiger partial charge >= 0.3 is 0 Å². The number of benzene rings is 2. The number of fused-ring (bicyclic) bond motifs is 6. The van der Waals surface area contributed by atoms with Crippen LogP contribution in [0.25, 0.3) is 0 Å². The third-order valence-corrected chi connectivity index (χ3v) is 15.4. The topological polar surface area (TPSA) is 113 Å². The molecule has 4 saturated heterocycles. The molecule has 0 aliphatic carbocycles. The van der Waals surface area contributed by atoms with Gasteiger partial charge in [-0.25, -0.2) is 9.97 Å². The minimum atomic E-state index is -0.309. The molecule has 4 fully saturated rings. The van der Waals surface area contributed by atoms with Crippen LogP contribution in [-0.4, -0.2) is 91.3 Å². The summed E-state index contributed by atoms with van der Waals surface area (Å²) in [5.74, 6) is 2.73. The van der Waals surface area contributed by atoms with Crippen LogP contribution in [-0.2, 0) is 32.2 Å². The van der Waals surface area contributed by atoms with Crippen molar-refractivity contribution in [1.29, 1.82) is 0 Å². The second-order valence-corrected chi connectivity index (χ2v) is 20.6. The monoisotopic (exact) mass is 886 g/mol. The van der Waals surface area contributed by atoms with Gasteiger partial charge in [0.1, 0.15) is 22.7 Å². The lowest BCUT2D eigenvalue weighted by atomic mass is 9.64. The van der Waals surface area contributed by atoms with Crippen molar-refractivity contribution in [2.75, 3.05) is 39.4 Å². The Morgan fingerprint density at radius 2 is 1.05 bits per heavy atom. The SMILES string of the molecule is CC1(C)Oc2ccc(Cl)cc2[C@@H]2OCC3(CCN(C(=O)CCn4ccnc4)CC3)C[C@H]21.CC1(C)Oc2ccc(Cl)cc2[C@H]2OCC3(CCN(C(=O)CCn4ccnc4)CC3)C[C@@H]21. The van der Waals surface area contributed by atoms with Gasteiger partial charge in [0.2, 0.25) is 11.8 Å². The molecule has 0 bridgehead atoms. The average molecular weight is 888 g/mol. The Kier molecular flexibility index (Phi) is 11.9. The van der Waals surface area contributed by atoms with Gasteiger partial charge in [-0.05, 0) is 113 Å². The molecule has 14 heteroatoms. The van der Waals surface area contributed by atoms with E-state index < -0.39 is 0 Å². The molecule has 6 aliphatic heterocycles. The molecule has 10 rings (SSSR count). The van der Waals surface area contributed by atoms with Crippen molar-refractivity contribution in [1.82, 2.24) is 28.9 Å². The van der Waals surface area contributed by atoms with E-state index in [2.05, 4.69) is 37.7 Å². The van der Waals surface area contributed by atoms with E-state index in [1.54, 1.807) is 25.0 Å². The summed E-state index contributed by atoms with van der Waals surface area (Å²) in [6.45, 7) is 14.7. The molecule has 2 aromatic carbocycles. The molecule has 0 radical (unpaired) electrons. The van der Waals surface area contributed by atoms with Crippen molar-refractivity contribution < 1.29 is 28.5 Å². The highest BCUT2D eigenvalue weighted by molar-refractivity contribution is 6.31. The summed E-state index contributed by atoms with van der Waals surface area (Å²) in [7, 11) is 0. The second kappa shape index (κ2) is 17.1. The standard InChI is InChI=1S/2C24H30ClN3O3/c2*1-23(2)19-14-24(15-30-22(19)18-13-17(25)3-4-20(18)31-23)6-10-28(11-7-24)21(29)5-9-27-12-8-26-16-27/h2*3-4,8,12-13,16,19,22H,5-7,9-11,14-15H2,1-2H3/t2*19-,22+/m10/s1. The first-order valence-corrected chi connectivity index (χ1v) is 23.1. The van der Waals surface area contributed by atoms with E-state index in [0.29, 0.717) is 36.0 Å². The first-order chi connectivity index (χ1) is 29.7. The smallest absolute Gasteiger partial charge is 0.224 e. The molecule has 12 nitrogen and oxygen atoms in total. The number of hydrogen-bond acceptors (Lipinski definition) is 8. The van der Waals surface area contributed by atoms with E-state index in [1.807, 2.05) is 67.7 Å². The minimum absolute atomic E-state index is 0.0120. The number of nitrogens with zero attached hydrogens (tertiary/aromatic N) is 6. The molecule has 0 saturated carbocycles. The van der Waals surface area contributed by atoms with Gasteiger partial charge in [-0.3, -0.25) is 9.59 Å². The fourth-order valence-electron chi connectivity index (χ4n) is 11.0. The van der Waals surface area contributed by atoms with Crippen LogP contribution >= 0.6 is 23.2 Å². The zero-order chi connectivity index (χ0) is 43.3. The van der Waals surface area contributed by atoms with Crippen molar-refractivity contribution >= 4 is 35.0 Å². The predicted molar refractivity (Wildman–Crippen MR) is 236 cm³/mol. The summed E-state index contributed by atoms with van der Waals surface area (Å²) in [6.07, 6.45) is 17.9. The minimum Gasteiger partial charge on any atom is -0.487 e. The first kappa shape index (κ1) is 43.2. The quantitative estimate of drug-likeness (QED) is 0.189. The number of carbonyl (C=O) groups excluding carboxylic acids is 2. The zero-order valence-electron chi connectivity index (χ0n) is 36.4. The Labute approximate surface area is 375 Å². The number of piperidine rings is 2. The molecule has 2 aromatic heterocycles. The molecule has 2 amide bonds. The van der Waals surface area contributed by atoms with Gasteiger partial charge in [0.25, 0.3) is 0 Å². The van der Waals surface area contributed by atoms with E-state index in [0.717, 1.165) is 101 Å². The van der Waals surface area contributed by atoms with Crippen LogP contribution in [0.1, 0.15) is 102 Å². The Morgan fingerprint density at radius 3 is 1.42 bits per heavy atom. The van der Waals surface area contributed by atoms with E-state index in [-0.39, 0.29) is 57.9 Å². The predicted octanol–water partition coefficient (Wildman–Crippen LogP) is 8.97. The average Bonchev–Trinajstić information content (AvgIpc) is 3.99. The molecule has 62 heavy (non-hydrogen) atoms. The van der Waals surface area contributed by atoms with Gasteiger partial charge in [-0.15, -0.1) is 0 Å². The molecule has 6 aliphatic rings. The maximum Gasteiger partial charge on any atom is 0.224 e. The Morgan fingerprint density at radius 1 is 0.645 bits per heavy atom. The van der Waals surface area contributed by atoms with Gasteiger partial charge in [0.15, 0.2) is 0 Å². The van der Waals surface area contributed by atoms with Crippen LogP contribution in [0.15, 0.2) is 73.8 Å². The maximum atomic E-state index is 12.7. The molecule has 4 atom stereocenters. The van der Waals surface area contributed by atoms with Crippen LogP contribution in [0.2, 0.25) is 10.0 Å². The molecular formula is C48H60Cl2N6O6. The lowest BCUT2D eigenvalue weighted by Gasteiger charge is -2.54. The second-order valence-electron chi connectivity index (χ2n) is 19.7. The number of aromatic nitrogens is 4. The summed E-state index contributed by atoms with van der Waals surface area (Å²) < 4.78 is 29.8. The lowest BCUT2D eigenvalue weighted by Crippen LogP contribution is -2.54. The molecule has 0 unspecified atom stereocenters. The van der Waals surface area contributed by atoms with Crippen LogP contribution in [0, 0.1) is 22.7 Å². The molecule has 0 N–H and O–H groups in total. The van der Waals surface area contributed by atoms with E-state index in [1.165, 1.54) is 0 Å². The summed E-state index contributed by atoms with van der Waals surface area (Å²) >= 11 is 12.5. The van der Waals surface area contributed by atoms with Gasteiger partial charge in [-0.2, -0.15) is 0 Å². The third kappa shape index (κ3) is 8.86.